The number of carbonyl (C=O) groups is 2. The Morgan fingerprint density at radius 1 is 1.00 bits per heavy atom. The summed E-state index contributed by atoms with van der Waals surface area (Å²) >= 11 is 5.96. The summed E-state index contributed by atoms with van der Waals surface area (Å²) in [7, 11) is 0. The number of rotatable bonds is 2. The number of amides is 2. The number of carbonyl (C=O) groups excluding carboxylic acids is 2. The summed E-state index contributed by atoms with van der Waals surface area (Å²) in [6.45, 7) is 2.16. The lowest BCUT2D eigenvalue weighted by molar-refractivity contribution is -0.139. The van der Waals surface area contributed by atoms with E-state index in [-0.39, 0.29) is 24.2 Å². The van der Waals surface area contributed by atoms with Crippen molar-refractivity contribution in [3.63, 3.8) is 0 Å². The van der Waals surface area contributed by atoms with Crippen molar-refractivity contribution in [2.45, 2.75) is 37.6 Å². The summed E-state index contributed by atoms with van der Waals surface area (Å²) in [6.07, 6.45) is 4.75. The molecule has 0 aromatic heterocycles. The van der Waals surface area contributed by atoms with Crippen molar-refractivity contribution in [2.75, 3.05) is 26.2 Å². The minimum atomic E-state index is -0.697. The van der Waals surface area contributed by atoms with Gasteiger partial charge in [0.05, 0.1) is 5.54 Å². The van der Waals surface area contributed by atoms with Gasteiger partial charge >= 0.3 is 0 Å². The van der Waals surface area contributed by atoms with E-state index in [1.54, 1.807) is 29.2 Å². The lowest BCUT2D eigenvalue weighted by atomic mass is 9.81. The van der Waals surface area contributed by atoms with Gasteiger partial charge in [-0.2, -0.15) is 0 Å². The molecule has 1 aromatic rings. The van der Waals surface area contributed by atoms with Crippen LogP contribution in [0.1, 0.15) is 42.5 Å². The Balaban J connectivity index is 0.00000225. The van der Waals surface area contributed by atoms with Crippen molar-refractivity contribution in [3.8, 4) is 0 Å². The van der Waals surface area contributed by atoms with Crippen molar-refractivity contribution in [1.82, 2.24) is 9.80 Å². The molecule has 1 saturated heterocycles. The van der Waals surface area contributed by atoms with Crippen molar-refractivity contribution in [3.05, 3.63) is 34.9 Å². The van der Waals surface area contributed by atoms with Crippen LogP contribution in [0, 0.1) is 0 Å². The summed E-state index contributed by atoms with van der Waals surface area (Å²) in [4.78, 5) is 28.9. The average Bonchev–Trinajstić information content (AvgIpc) is 2.61. The van der Waals surface area contributed by atoms with Crippen molar-refractivity contribution in [2.24, 2.45) is 5.73 Å². The van der Waals surface area contributed by atoms with E-state index in [9.17, 15) is 9.59 Å². The number of piperazine rings is 1. The van der Waals surface area contributed by atoms with E-state index in [2.05, 4.69) is 0 Å². The van der Waals surface area contributed by atoms with Crippen LogP contribution < -0.4 is 5.73 Å². The third-order valence-electron chi connectivity index (χ3n) is 5.10. The minimum Gasteiger partial charge on any atom is -0.338 e. The van der Waals surface area contributed by atoms with E-state index in [1.165, 1.54) is 0 Å². The van der Waals surface area contributed by atoms with Crippen LogP contribution in [0.15, 0.2) is 24.3 Å². The van der Waals surface area contributed by atoms with Crippen molar-refractivity contribution < 1.29 is 9.59 Å². The average molecular weight is 386 g/mol. The van der Waals surface area contributed by atoms with Gasteiger partial charge < -0.3 is 15.5 Å². The molecule has 2 amide bonds. The van der Waals surface area contributed by atoms with E-state index in [1.807, 2.05) is 4.90 Å². The zero-order chi connectivity index (χ0) is 17.2. The highest BCUT2D eigenvalue weighted by molar-refractivity contribution is 6.30. The smallest absolute Gasteiger partial charge is 0.254 e. The molecule has 1 aliphatic carbocycles. The van der Waals surface area contributed by atoms with Crippen LogP contribution in [0.5, 0.6) is 0 Å². The molecule has 2 aliphatic rings. The number of benzene rings is 1. The van der Waals surface area contributed by atoms with Crippen LogP contribution >= 0.6 is 24.0 Å². The van der Waals surface area contributed by atoms with E-state index >= 15 is 0 Å². The molecular formula is C18H25Cl2N3O2. The molecular weight excluding hydrogens is 361 g/mol. The Morgan fingerprint density at radius 3 is 2.20 bits per heavy atom. The van der Waals surface area contributed by atoms with Crippen LogP contribution in [0.3, 0.4) is 0 Å². The number of hydrogen-bond acceptors (Lipinski definition) is 3. The number of nitrogens with zero attached hydrogens (tertiary/aromatic N) is 2. The lowest BCUT2D eigenvalue weighted by Gasteiger charge is -2.41. The van der Waals surface area contributed by atoms with Gasteiger partial charge in [-0.15, -0.1) is 12.4 Å². The number of halogens is 2. The highest BCUT2D eigenvalue weighted by atomic mass is 35.5. The van der Waals surface area contributed by atoms with Gasteiger partial charge in [0.15, 0.2) is 0 Å². The topological polar surface area (TPSA) is 66.6 Å². The number of nitrogens with two attached hydrogens (primary N) is 1. The zero-order valence-corrected chi connectivity index (χ0v) is 15.8. The molecule has 1 saturated carbocycles. The molecule has 1 aliphatic heterocycles. The molecule has 0 unspecified atom stereocenters. The predicted octanol–water partition coefficient (Wildman–Crippen LogP) is 2.71. The zero-order valence-electron chi connectivity index (χ0n) is 14.2. The van der Waals surface area contributed by atoms with E-state index in [0.29, 0.717) is 36.8 Å². The molecule has 3 rings (SSSR count). The Kier molecular flexibility index (Phi) is 6.72. The molecule has 0 atom stereocenters. The maximum Gasteiger partial charge on any atom is 0.254 e. The largest absolute Gasteiger partial charge is 0.338 e. The van der Waals surface area contributed by atoms with Crippen LogP contribution in [-0.4, -0.2) is 53.3 Å². The van der Waals surface area contributed by atoms with Crippen LogP contribution in [-0.2, 0) is 4.79 Å². The Hall–Kier alpha value is -1.30. The summed E-state index contributed by atoms with van der Waals surface area (Å²) in [5.41, 5.74) is 6.24. The third kappa shape index (κ3) is 4.46. The van der Waals surface area contributed by atoms with Crippen LogP contribution in [0.2, 0.25) is 5.02 Å². The Morgan fingerprint density at radius 2 is 1.60 bits per heavy atom. The second-order valence-corrected chi connectivity index (χ2v) is 7.25. The molecule has 25 heavy (non-hydrogen) atoms. The summed E-state index contributed by atoms with van der Waals surface area (Å²) in [5, 5.41) is 0.553. The first-order chi connectivity index (χ1) is 11.5. The fraction of sp³-hybridized carbons (Fsp3) is 0.556. The van der Waals surface area contributed by atoms with Gasteiger partial charge in [-0.25, -0.2) is 0 Å². The highest BCUT2D eigenvalue weighted by Gasteiger charge is 2.39. The molecule has 138 valence electrons. The van der Waals surface area contributed by atoms with E-state index < -0.39 is 5.54 Å². The summed E-state index contributed by atoms with van der Waals surface area (Å²) in [6, 6.07) is 6.97. The van der Waals surface area contributed by atoms with Crippen molar-refractivity contribution in [1.29, 1.82) is 0 Å². The third-order valence-corrected chi connectivity index (χ3v) is 5.33. The van der Waals surface area contributed by atoms with E-state index in [0.717, 1.165) is 32.1 Å². The maximum absolute atomic E-state index is 12.7. The van der Waals surface area contributed by atoms with Gasteiger partial charge in [0.2, 0.25) is 5.91 Å². The van der Waals surface area contributed by atoms with Gasteiger partial charge in [0.1, 0.15) is 0 Å². The molecule has 2 N–H and O–H groups in total. The Bertz CT molecular complexity index is 625. The SMILES string of the molecule is Cl.NC1(C(=O)N2CCN(C(=O)c3cccc(Cl)c3)CC2)CCCCC1. The fourth-order valence-corrected chi connectivity index (χ4v) is 3.82. The second-order valence-electron chi connectivity index (χ2n) is 6.81. The first-order valence-corrected chi connectivity index (χ1v) is 9.00. The van der Waals surface area contributed by atoms with Gasteiger partial charge in [-0.3, -0.25) is 9.59 Å². The van der Waals surface area contributed by atoms with Gasteiger partial charge in [0.25, 0.3) is 5.91 Å². The molecule has 5 nitrogen and oxygen atoms in total. The lowest BCUT2D eigenvalue weighted by Crippen LogP contribution is -2.60. The molecule has 2 fully saturated rings. The maximum atomic E-state index is 12.7. The normalized spacial score (nSPS) is 19.9. The minimum absolute atomic E-state index is 0. The fourth-order valence-electron chi connectivity index (χ4n) is 3.63. The predicted molar refractivity (Wildman–Crippen MR) is 101 cm³/mol. The van der Waals surface area contributed by atoms with Crippen LogP contribution in [0.25, 0.3) is 0 Å². The van der Waals surface area contributed by atoms with Crippen molar-refractivity contribution >= 4 is 35.8 Å². The second kappa shape index (κ2) is 8.39. The summed E-state index contributed by atoms with van der Waals surface area (Å²) in [5.74, 6) is 0.0155. The molecule has 1 heterocycles. The Labute approximate surface area is 159 Å². The molecule has 0 spiro atoms. The quantitative estimate of drug-likeness (QED) is 0.850. The monoisotopic (exact) mass is 385 g/mol. The molecule has 0 radical (unpaired) electrons. The first-order valence-electron chi connectivity index (χ1n) is 8.63. The number of hydrogen-bond donors (Lipinski definition) is 1. The molecule has 1 aromatic carbocycles. The van der Waals surface area contributed by atoms with Gasteiger partial charge in [-0.05, 0) is 31.0 Å². The highest BCUT2D eigenvalue weighted by Crippen LogP contribution is 2.28. The standard InChI is InChI=1S/C18H24ClN3O2.ClH/c19-15-6-4-5-14(13-15)16(23)21-9-11-22(12-10-21)17(24)18(20)7-2-1-3-8-18;/h4-6,13H,1-3,7-12,20H2;1H. The van der Waals surface area contributed by atoms with Gasteiger partial charge in [0, 0.05) is 36.8 Å². The molecule has 0 bridgehead atoms. The van der Waals surface area contributed by atoms with E-state index in [4.69, 9.17) is 17.3 Å². The summed E-state index contributed by atoms with van der Waals surface area (Å²) < 4.78 is 0. The van der Waals surface area contributed by atoms with Gasteiger partial charge in [-0.1, -0.05) is 36.9 Å². The first kappa shape index (κ1) is 20.0. The molecule has 7 heteroatoms. The van der Waals surface area contributed by atoms with Crippen LogP contribution in [0.4, 0.5) is 0 Å².